The Bertz CT molecular complexity index is 804. The van der Waals surface area contributed by atoms with Gasteiger partial charge < -0.3 is 10.4 Å². The number of aromatic nitrogens is 1. The number of carbonyl (C=O) groups excluding carboxylic acids is 1. The summed E-state index contributed by atoms with van der Waals surface area (Å²) in [4.78, 5) is 28.3. The predicted octanol–water partition coefficient (Wildman–Crippen LogP) is 3.36. The Kier molecular flexibility index (Phi) is 4.45. The van der Waals surface area contributed by atoms with E-state index in [2.05, 4.69) is 10.3 Å². The van der Waals surface area contributed by atoms with Crippen molar-refractivity contribution in [1.29, 1.82) is 0 Å². The summed E-state index contributed by atoms with van der Waals surface area (Å²) in [6.07, 6.45) is 7.15. The van der Waals surface area contributed by atoms with Gasteiger partial charge in [-0.25, -0.2) is 0 Å². The molecule has 0 unspecified atom stereocenters. The molecular weight excluding hydrogens is 328 g/mol. The minimum absolute atomic E-state index is 0.147. The molecule has 26 heavy (non-hydrogen) atoms. The van der Waals surface area contributed by atoms with Crippen LogP contribution in [0.2, 0.25) is 0 Å². The number of aliphatic carboxylic acids is 1. The van der Waals surface area contributed by atoms with Gasteiger partial charge >= 0.3 is 5.97 Å². The van der Waals surface area contributed by atoms with Crippen LogP contribution in [0.4, 0.5) is 5.69 Å². The number of nitrogens with zero attached hydrogens (tertiary/aromatic N) is 1. The van der Waals surface area contributed by atoms with Crippen LogP contribution in [0.5, 0.6) is 0 Å². The zero-order chi connectivity index (χ0) is 18.1. The molecule has 2 fully saturated rings. The standard InChI is InChI=1S/C21H22N2O3/c24-20(18-15-3-4-16(12-15)19(18)21(25)26)23-17-5-1-13(2-6-17)11-14-7-9-22-10-8-14/h1-2,5-10,15-16,18-19H,3-4,11-12H2,(H,23,24)(H,25,26)/t15-,16-,18+,19-/m0/s1. The van der Waals surface area contributed by atoms with Gasteiger partial charge in [-0.3, -0.25) is 14.6 Å². The molecule has 134 valence electrons. The maximum Gasteiger partial charge on any atom is 0.307 e. The van der Waals surface area contributed by atoms with Crippen molar-refractivity contribution in [2.24, 2.45) is 23.7 Å². The number of carboxylic acid groups (broad SMARTS) is 1. The Morgan fingerprint density at radius 1 is 0.962 bits per heavy atom. The largest absolute Gasteiger partial charge is 0.481 e. The molecule has 0 aliphatic heterocycles. The summed E-state index contributed by atoms with van der Waals surface area (Å²) < 4.78 is 0. The number of anilines is 1. The molecule has 0 radical (unpaired) electrons. The van der Waals surface area contributed by atoms with Crippen LogP contribution in [0.25, 0.3) is 0 Å². The highest BCUT2D eigenvalue weighted by atomic mass is 16.4. The first-order valence-electron chi connectivity index (χ1n) is 9.13. The zero-order valence-corrected chi connectivity index (χ0v) is 14.5. The van der Waals surface area contributed by atoms with Crippen molar-refractivity contribution in [3.05, 3.63) is 59.9 Å². The van der Waals surface area contributed by atoms with Crippen molar-refractivity contribution in [1.82, 2.24) is 4.98 Å². The van der Waals surface area contributed by atoms with Crippen LogP contribution in [0.3, 0.4) is 0 Å². The van der Waals surface area contributed by atoms with E-state index in [1.165, 1.54) is 5.56 Å². The van der Waals surface area contributed by atoms with Crippen molar-refractivity contribution >= 4 is 17.6 Å². The Hall–Kier alpha value is -2.69. The molecule has 4 atom stereocenters. The molecule has 5 nitrogen and oxygen atoms in total. The van der Waals surface area contributed by atoms with Crippen LogP contribution in [-0.2, 0) is 16.0 Å². The third kappa shape index (κ3) is 3.21. The molecule has 2 aliphatic carbocycles. The van der Waals surface area contributed by atoms with Gasteiger partial charge in [-0.2, -0.15) is 0 Å². The molecule has 0 saturated heterocycles. The second kappa shape index (κ2) is 6.90. The Labute approximate surface area is 152 Å². The maximum atomic E-state index is 12.7. The summed E-state index contributed by atoms with van der Waals surface area (Å²) in [6, 6.07) is 11.7. The first-order chi connectivity index (χ1) is 12.6. The summed E-state index contributed by atoms with van der Waals surface area (Å²) in [5, 5.41) is 12.4. The number of rotatable bonds is 5. The molecule has 1 aromatic heterocycles. The van der Waals surface area contributed by atoms with Gasteiger partial charge in [-0.1, -0.05) is 12.1 Å². The van der Waals surface area contributed by atoms with Gasteiger partial charge in [0.25, 0.3) is 0 Å². The van der Waals surface area contributed by atoms with Gasteiger partial charge in [-0.15, -0.1) is 0 Å². The minimum Gasteiger partial charge on any atom is -0.481 e. The van der Waals surface area contributed by atoms with Crippen molar-refractivity contribution in [3.8, 4) is 0 Å². The topological polar surface area (TPSA) is 79.3 Å². The summed E-state index contributed by atoms with van der Waals surface area (Å²) >= 11 is 0. The van der Waals surface area contributed by atoms with Crippen LogP contribution in [0, 0.1) is 23.7 Å². The van der Waals surface area contributed by atoms with Gasteiger partial charge in [0.05, 0.1) is 11.8 Å². The van der Waals surface area contributed by atoms with E-state index in [1.807, 2.05) is 36.4 Å². The number of nitrogens with one attached hydrogen (secondary N) is 1. The van der Waals surface area contributed by atoms with Gasteiger partial charge in [0.2, 0.25) is 5.91 Å². The Morgan fingerprint density at radius 3 is 2.23 bits per heavy atom. The molecule has 4 rings (SSSR count). The third-order valence-electron chi connectivity index (χ3n) is 5.88. The molecular formula is C21H22N2O3. The highest BCUT2D eigenvalue weighted by Gasteiger charge is 2.53. The highest BCUT2D eigenvalue weighted by Crippen LogP contribution is 2.52. The monoisotopic (exact) mass is 350 g/mol. The lowest BCUT2D eigenvalue weighted by Crippen LogP contribution is -2.37. The molecule has 1 aromatic carbocycles. The summed E-state index contributed by atoms with van der Waals surface area (Å²) in [5.74, 6) is -1.53. The van der Waals surface area contributed by atoms with Gasteiger partial charge in [0.15, 0.2) is 0 Å². The predicted molar refractivity (Wildman–Crippen MR) is 97.6 cm³/mol. The smallest absolute Gasteiger partial charge is 0.307 e. The van der Waals surface area contributed by atoms with E-state index in [0.29, 0.717) is 0 Å². The second-order valence-corrected chi connectivity index (χ2v) is 7.44. The second-order valence-electron chi connectivity index (χ2n) is 7.44. The lowest BCUT2D eigenvalue weighted by atomic mass is 9.78. The van der Waals surface area contributed by atoms with E-state index < -0.39 is 17.8 Å². The van der Waals surface area contributed by atoms with Crippen LogP contribution in [-0.4, -0.2) is 22.0 Å². The summed E-state index contributed by atoms with van der Waals surface area (Å²) in [6.45, 7) is 0. The van der Waals surface area contributed by atoms with Crippen LogP contribution >= 0.6 is 0 Å². The summed E-state index contributed by atoms with van der Waals surface area (Å²) in [5.41, 5.74) is 3.06. The fraction of sp³-hybridized carbons (Fsp3) is 0.381. The molecule has 5 heteroatoms. The van der Waals surface area contributed by atoms with E-state index in [0.717, 1.165) is 36.9 Å². The number of carbonyl (C=O) groups is 2. The van der Waals surface area contributed by atoms with Crippen LogP contribution in [0.1, 0.15) is 30.4 Å². The normalized spacial score (nSPS) is 26.6. The average Bonchev–Trinajstić information content (AvgIpc) is 3.25. The van der Waals surface area contributed by atoms with Crippen molar-refractivity contribution in [2.75, 3.05) is 5.32 Å². The quantitative estimate of drug-likeness (QED) is 0.867. The lowest BCUT2D eigenvalue weighted by Gasteiger charge is -2.27. The molecule has 2 saturated carbocycles. The Morgan fingerprint density at radius 2 is 1.58 bits per heavy atom. The highest BCUT2D eigenvalue weighted by molar-refractivity contribution is 5.96. The van der Waals surface area contributed by atoms with Crippen molar-refractivity contribution in [2.45, 2.75) is 25.7 Å². The molecule has 1 amide bonds. The first-order valence-corrected chi connectivity index (χ1v) is 9.13. The fourth-order valence-corrected chi connectivity index (χ4v) is 4.69. The number of amides is 1. The van der Waals surface area contributed by atoms with E-state index >= 15 is 0 Å². The number of pyridine rings is 1. The van der Waals surface area contributed by atoms with Crippen molar-refractivity contribution in [3.63, 3.8) is 0 Å². The van der Waals surface area contributed by atoms with Gasteiger partial charge in [0.1, 0.15) is 0 Å². The van der Waals surface area contributed by atoms with E-state index in [-0.39, 0.29) is 17.7 Å². The lowest BCUT2D eigenvalue weighted by molar-refractivity contribution is -0.148. The molecule has 2 N–H and O–H groups in total. The number of hydrogen-bond acceptors (Lipinski definition) is 3. The third-order valence-corrected chi connectivity index (χ3v) is 5.88. The van der Waals surface area contributed by atoms with Gasteiger partial charge in [-0.05, 0) is 72.9 Å². The Balaban J connectivity index is 1.42. The van der Waals surface area contributed by atoms with Crippen LogP contribution < -0.4 is 5.32 Å². The SMILES string of the molecule is O=C(Nc1ccc(Cc2ccncc2)cc1)[C@@H]1[C@H]2CC[C@@H](C2)[C@@H]1C(=O)O. The molecule has 2 bridgehead atoms. The molecule has 1 heterocycles. The average molecular weight is 350 g/mol. The maximum absolute atomic E-state index is 12.7. The number of benzene rings is 1. The zero-order valence-electron chi connectivity index (χ0n) is 14.5. The number of hydrogen-bond donors (Lipinski definition) is 2. The van der Waals surface area contributed by atoms with Crippen molar-refractivity contribution < 1.29 is 14.7 Å². The summed E-state index contributed by atoms with van der Waals surface area (Å²) in [7, 11) is 0. The molecule has 0 spiro atoms. The number of fused-ring (bicyclic) bond motifs is 2. The van der Waals surface area contributed by atoms with E-state index in [9.17, 15) is 14.7 Å². The number of carboxylic acids is 1. The fourth-order valence-electron chi connectivity index (χ4n) is 4.69. The van der Waals surface area contributed by atoms with Gasteiger partial charge in [0, 0.05) is 18.1 Å². The first kappa shape index (κ1) is 16.8. The molecule has 2 aliphatic rings. The van der Waals surface area contributed by atoms with E-state index in [1.54, 1.807) is 12.4 Å². The molecule has 2 aromatic rings. The van der Waals surface area contributed by atoms with Crippen LogP contribution in [0.15, 0.2) is 48.8 Å². The minimum atomic E-state index is -0.829. The van der Waals surface area contributed by atoms with E-state index in [4.69, 9.17) is 0 Å².